The van der Waals surface area contributed by atoms with Gasteiger partial charge in [0.25, 0.3) is 0 Å². The van der Waals surface area contributed by atoms with Gasteiger partial charge in [0.05, 0.1) is 11.7 Å². The first-order valence-electron chi connectivity index (χ1n) is 3.52. The van der Waals surface area contributed by atoms with Gasteiger partial charge < -0.3 is 0 Å². The Morgan fingerprint density at radius 2 is 2.17 bits per heavy atom. The smallest absolute Gasteiger partial charge is 0.187 e. The van der Waals surface area contributed by atoms with Gasteiger partial charge in [0, 0.05) is 6.20 Å². The molecule has 60 valence electrons. The van der Waals surface area contributed by atoms with Gasteiger partial charge in [-0.05, 0) is 18.4 Å². The predicted octanol–water partition coefficient (Wildman–Crippen LogP) is 1.75. The first-order chi connectivity index (χ1) is 5.90. The number of nitrogens with zero attached hydrogens (tertiary/aromatic N) is 3. The lowest BCUT2D eigenvalue weighted by molar-refractivity contribution is 1.00. The van der Waals surface area contributed by atoms with Gasteiger partial charge in [-0.2, -0.15) is 0 Å². The molecule has 0 saturated carbocycles. The minimum Gasteiger partial charge on any atom is -0.253 e. The average Bonchev–Trinajstić information content (AvgIpc) is 2.17. The number of rotatable bonds is 1. The molecule has 0 atom stereocenters. The summed E-state index contributed by atoms with van der Waals surface area (Å²) < 4.78 is 0. The maximum atomic E-state index is 4.28. The highest BCUT2D eigenvalue weighted by atomic mass is 32.2. The molecule has 0 bridgehead atoms. The molecule has 0 N–H and O–H groups in total. The summed E-state index contributed by atoms with van der Waals surface area (Å²) in [5.74, 6) is 0. The van der Waals surface area contributed by atoms with Crippen LogP contribution in [0.25, 0.3) is 11.0 Å². The van der Waals surface area contributed by atoms with E-state index in [0.717, 1.165) is 16.2 Å². The van der Waals surface area contributed by atoms with Gasteiger partial charge >= 0.3 is 0 Å². The molecule has 4 heteroatoms. The van der Waals surface area contributed by atoms with Crippen LogP contribution < -0.4 is 0 Å². The van der Waals surface area contributed by atoms with Gasteiger partial charge in [-0.15, -0.1) is 0 Å². The topological polar surface area (TPSA) is 38.7 Å². The highest BCUT2D eigenvalue weighted by molar-refractivity contribution is 7.98. The monoisotopic (exact) mass is 177 g/mol. The zero-order valence-electron chi connectivity index (χ0n) is 6.56. The Morgan fingerprint density at radius 1 is 1.25 bits per heavy atom. The third-order valence-corrected chi connectivity index (χ3v) is 2.07. The molecule has 0 aliphatic carbocycles. The van der Waals surface area contributed by atoms with Crippen LogP contribution in [0.3, 0.4) is 0 Å². The van der Waals surface area contributed by atoms with Gasteiger partial charge in [0.15, 0.2) is 5.16 Å². The van der Waals surface area contributed by atoms with Crippen LogP contribution in [0.1, 0.15) is 0 Å². The van der Waals surface area contributed by atoms with Crippen LogP contribution in [0.5, 0.6) is 0 Å². The van der Waals surface area contributed by atoms with Gasteiger partial charge in [0.2, 0.25) is 0 Å². The van der Waals surface area contributed by atoms with Crippen LogP contribution in [0.15, 0.2) is 29.7 Å². The van der Waals surface area contributed by atoms with Crippen LogP contribution in [-0.2, 0) is 0 Å². The molecule has 0 radical (unpaired) electrons. The second-order valence-corrected chi connectivity index (χ2v) is 3.04. The molecule has 2 heterocycles. The molecule has 0 spiro atoms. The molecule has 0 amide bonds. The number of pyridine rings is 1. The Hall–Kier alpha value is -1.16. The van der Waals surface area contributed by atoms with E-state index in [0.29, 0.717) is 0 Å². The highest BCUT2D eigenvalue weighted by Gasteiger charge is 1.96. The van der Waals surface area contributed by atoms with E-state index in [1.807, 2.05) is 18.4 Å². The zero-order chi connectivity index (χ0) is 8.39. The van der Waals surface area contributed by atoms with Crippen molar-refractivity contribution in [2.45, 2.75) is 5.16 Å². The van der Waals surface area contributed by atoms with E-state index in [-0.39, 0.29) is 0 Å². The van der Waals surface area contributed by atoms with Crippen molar-refractivity contribution < 1.29 is 0 Å². The first-order valence-corrected chi connectivity index (χ1v) is 4.74. The van der Waals surface area contributed by atoms with E-state index < -0.39 is 0 Å². The molecule has 0 saturated heterocycles. The number of hydrogen-bond acceptors (Lipinski definition) is 4. The van der Waals surface area contributed by atoms with Gasteiger partial charge in [-0.3, -0.25) is 4.98 Å². The predicted molar refractivity (Wildman–Crippen MR) is 49.1 cm³/mol. The number of thioether (sulfide) groups is 1. The maximum Gasteiger partial charge on any atom is 0.187 e. The van der Waals surface area contributed by atoms with E-state index in [9.17, 15) is 0 Å². The molecule has 2 rings (SSSR count). The molecular formula is C8H7N3S. The Balaban J connectivity index is 2.67. The molecular weight excluding hydrogens is 170 g/mol. The van der Waals surface area contributed by atoms with Crippen LogP contribution in [0.2, 0.25) is 0 Å². The van der Waals surface area contributed by atoms with Crippen LogP contribution >= 0.6 is 11.8 Å². The van der Waals surface area contributed by atoms with Crippen molar-refractivity contribution >= 4 is 22.8 Å². The summed E-state index contributed by atoms with van der Waals surface area (Å²) in [6.45, 7) is 0. The van der Waals surface area contributed by atoms with E-state index in [2.05, 4.69) is 15.0 Å². The lowest BCUT2D eigenvalue weighted by atomic mass is 10.4. The molecule has 0 aliphatic rings. The van der Waals surface area contributed by atoms with E-state index in [1.165, 1.54) is 11.8 Å². The summed E-state index contributed by atoms with van der Waals surface area (Å²) in [4.78, 5) is 12.5. The fraction of sp³-hybridized carbons (Fsp3) is 0.125. The summed E-state index contributed by atoms with van der Waals surface area (Å²) in [7, 11) is 0. The minimum absolute atomic E-state index is 0.788. The van der Waals surface area contributed by atoms with Crippen molar-refractivity contribution in [3.63, 3.8) is 0 Å². The zero-order valence-corrected chi connectivity index (χ0v) is 7.38. The van der Waals surface area contributed by atoms with E-state index >= 15 is 0 Å². The second-order valence-electron chi connectivity index (χ2n) is 2.26. The highest BCUT2D eigenvalue weighted by Crippen LogP contribution is 2.12. The third-order valence-electron chi connectivity index (χ3n) is 1.51. The molecule has 0 fully saturated rings. The van der Waals surface area contributed by atoms with Crippen molar-refractivity contribution in [2.75, 3.05) is 6.26 Å². The molecule has 2 aromatic rings. The van der Waals surface area contributed by atoms with E-state index in [1.54, 1.807) is 12.4 Å². The third kappa shape index (κ3) is 1.25. The Bertz CT molecular complexity index is 402. The molecule has 0 aromatic carbocycles. The molecule has 3 nitrogen and oxygen atoms in total. The SMILES string of the molecule is CSc1ncc2ncccc2n1. The molecule has 0 aliphatic heterocycles. The van der Waals surface area contributed by atoms with Crippen molar-refractivity contribution in [1.29, 1.82) is 0 Å². The van der Waals surface area contributed by atoms with Gasteiger partial charge in [-0.1, -0.05) is 11.8 Å². The Kier molecular flexibility index (Phi) is 1.91. The van der Waals surface area contributed by atoms with Crippen molar-refractivity contribution in [2.24, 2.45) is 0 Å². The van der Waals surface area contributed by atoms with Crippen molar-refractivity contribution in [1.82, 2.24) is 15.0 Å². The van der Waals surface area contributed by atoms with Crippen LogP contribution in [0, 0.1) is 0 Å². The Labute approximate surface area is 74.3 Å². The van der Waals surface area contributed by atoms with Gasteiger partial charge in [0.1, 0.15) is 5.52 Å². The fourth-order valence-corrected chi connectivity index (χ4v) is 1.30. The van der Waals surface area contributed by atoms with Crippen LogP contribution in [0.4, 0.5) is 0 Å². The molecule has 0 unspecified atom stereocenters. The Morgan fingerprint density at radius 3 is 3.00 bits per heavy atom. The first kappa shape index (κ1) is 7.49. The molecule has 2 aromatic heterocycles. The maximum absolute atomic E-state index is 4.28. The van der Waals surface area contributed by atoms with E-state index in [4.69, 9.17) is 0 Å². The quantitative estimate of drug-likeness (QED) is 0.491. The summed E-state index contributed by atoms with van der Waals surface area (Å²) >= 11 is 1.53. The number of aromatic nitrogens is 3. The summed E-state index contributed by atoms with van der Waals surface area (Å²) in [6, 6.07) is 3.81. The summed E-state index contributed by atoms with van der Waals surface area (Å²) in [5, 5.41) is 0.788. The minimum atomic E-state index is 0.788. The number of fused-ring (bicyclic) bond motifs is 1. The summed E-state index contributed by atoms with van der Waals surface area (Å²) in [5.41, 5.74) is 1.74. The average molecular weight is 177 g/mol. The normalized spacial score (nSPS) is 10.4. The largest absolute Gasteiger partial charge is 0.253 e. The van der Waals surface area contributed by atoms with Crippen molar-refractivity contribution in [3.05, 3.63) is 24.5 Å². The lowest BCUT2D eigenvalue weighted by Gasteiger charge is -1.96. The van der Waals surface area contributed by atoms with Gasteiger partial charge in [-0.25, -0.2) is 9.97 Å². The summed E-state index contributed by atoms with van der Waals surface area (Å²) in [6.07, 6.45) is 5.44. The van der Waals surface area contributed by atoms with Crippen LogP contribution in [-0.4, -0.2) is 21.2 Å². The fourth-order valence-electron chi connectivity index (χ4n) is 0.950. The standard InChI is InChI=1S/C8H7N3S/c1-12-8-10-5-7-6(11-8)3-2-4-9-7/h2-5H,1H3. The second kappa shape index (κ2) is 3.06. The van der Waals surface area contributed by atoms with Crippen molar-refractivity contribution in [3.8, 4) is 0 Å². The lowest BCUT2D eigenvalue weighted by Crippen LogP contribution is -1.87. The number of hydrogen-bond donors (Lipinski definition) is 0. The molecule has 12 heavy (non-hydrogen) atoms.